The molecule has 0 aliphatic heterocycles. The highest BCUT2D eigenvalue weighted by atomic mass is 15.0. The maximum absolute atomic E-state index is 4.56. The molecular weight excluding hydrogens is 282 g/mol. The molecule has 0 radical (unpaired) electrons. The maximum atomic E-state index is 4.56. The predicted molar refractivity (Wildman–Crippen MR) is 92.2 cm³/mol. The van der Waals surface area contributed by atoms with E-state index in [0.717, 1.165) is 28.1 Å². The number of pyridine rings is 2. The fourth-order valence-electron chi connectivity index (χ4n) is 3.27. The van der Waals surface area contributed by atoms with Gasteiger partial charge in [0.25, 0.3) is 5.65 Å². The summed E-state index contributed by atoms with van der Waals surface area (Å²) in [5, 5.41) is 2.42. The van der Waals surface area contributed by atoms with Crippen LogP contribution in [-0.2, 0) is 0 Å². The zero-order valence-electron chi connectivity index (χ0n) is 12.4. The largest absolute Gasteiger partial charge is 0.293 e. The molecule has 108 valence electrons. The molecule has 5 aromatic rings. The van der Waals surface area contributed by atoms with Crippen LogP contribution in [0.25, 0.3) is 38.8 Å². The summed E-state index contributed by atoms with van der Waals surface area (Å²) in [5.41, 5.74) is 5.45. The highest BCUT2D eigenvalue weighted by Gasteiger charge is 2.20. The number of imidazole rings is 1. The molecule has 3 nitrogen and oxygen atoms in total. The van der Waals surface area contributed by atoms with Crippen LogP contribution in [0.2, 0.25) is 0 Å². The van der Waals surface area contributed by atoms with Crippen LogP contribution in [0, 0.1) is 0 Å². The summed E-state index contributed by atoms with van der Waals surface area (Å²) in [6.45, 7) is 0. The van der Waals surface area contributed by atoms with E-state index in [1.165, 1.54) is 10.8 Å². The third kappa shape index (κ3) is 1.77. The molecule has 0 fully saturated rings. The molecule has 0 atom stereocenters. The van der Waals surface area contributed by atoms with Crippen LogP contribution >= 0.6 is 0 Å². The molecule has 3 aromatic heterocycles. The Bertz CT molecular complexity index is 1160. The molecule has 3 heterocycles. The first-order chi connectivity index (χ1) is 11.4. The molecular formula is C20H14N3+. The molecule has 0 amide bonds. The quantitative estimate of drug-likeness (QED) is 0.464. The first kappa shape index (κ1) is 12.4. The van der Waals surface area contributed by atoms with Gasteiger partial charge in [0.05, 0.1) is 5.39 Å². The number of para-hydroxylation sites is 2. The van der Waals surface area contributed by atoms with E-state index in [0.29, 0.717) is 0 Å². The first-order valence-electron chi connectivity index (χ1n) is 7.67. The third-order valence-electron chi connectivity index (χ3n) is 4.30. The van der Waals surface area contributed by atoms with Crippen molar-refractivity contribution in [3.63, 3.8) is 0 Å². The van der Waals surface area contributed by atoms with Crippen molar-refractivity contribution < 1.29 is 4.40 Å². The second-order valence-electron chi connectivity index (χ2n) is 5.66. The van der Waals surface area contributed by atoms with Crippen molar-refractivity contribution in [1.29, 1.82) is 0 Å². The van der Waals surface area contributed by atoms with Crippen molar-refractivity contribution in [3.05, 3.63) is 79.0 Å². The number of H-pyrrole nitrogens is 1. The number of hydrogen-bond acceptors (Lipinski definition) is 1. The lowest BCUT2D eigenvalue weighted by atomic mass is 10.1. The van der Waals surface area contributed by atoms with Gasteiger partial charge in [0, 0.05) is 6.20 Å². The Balaban J connectivity index is 2.06. The minimum Gasteiger partial charge on any atom is -0.252 e. The van der Waals surface area contributed by atoms with Crippen molar-refractivity contribution in [1.82, 2.24) is 9.97 Å². The highest BCUT2D eigenvalue weighted by Crippen LogP contribution is 2.25. The summed E-state index contributed by atoms with van der Waals surface area (Å²) in [4.78, 5) is 8.12. The van der Waals surface area contributed by atoms with Crippen LogP contribution in [0.3, 0.4) is 0 Å². The minimum atomic E-state index is 0.970. The van der Waals surface area contributed by atoms with E-state index < -0.39 is 0 Å². The smallest absolute Gasteiger partial charge is 0.252 e. The van der Waals surface area contributed by atoms with Crippen LogP contribution in [-0.4, -0.2) is 9.97 Å². The Kier molecular flexibility index (Phi) is 2.50. The maximum Gasteiger partial charge on any atom is 0.293 e. The van der Waals surface area contributed by atoms with Gasteiger partial charge in [-0.3, -0.25) is 4.98 Å². The van der Waals surface area contributed by atoms with Crippen LogP contribution in [0.4, 0.5) is 0 Å². The molecule has 0 aliphatic carbocycles. The molecule has 0 saturated carbocycles. The van der Waals surface area contributed by atoms with Gasteiger partial charge in [0.2, 0.25) is 0 Å². The molecule has 0 saturated heterocycles. The van der Waals surface area contributed by atoms with Crippen LogP contribution in [0.5, 0.6) is 0 Å². The van der Waals surface area contributed by atoms with Gasteiger partial charge < -0.3 is 0 Å². The second kappa shape index (κ2) is 4.65. The van der Waals surface area contributed by atoms with Crippen molar-refractivity contribution in [2.24, 2.45) is 0 Å². The molecule has 0 spiro atoms. The van der Waals surface area contributed by atoms with E-state index in [4.69, 9.17) is 0 Å². The molecule has 0 bridgehead atoms. The summed E-state index contributed by atoms with van der Waals surface area (Å²) >= 11 is 0. The summed E-state index contributed by atoms with van der Waals surface area (Å²) in [6, 6.07) is 25.1. The van der Waals surface area contributed by atoms with Gasteiger partial charge in [-0.1, -0.05) is 36.4 Å². The summed E-state index contributed by atoms with van der Waals surface area (Å²) in [5.74, 6) is 0. The summed E-state index contributed by atoms with van der Waals surface area (Å²) < 4.78 is 2.26. The number of fused-ring (bicyclic) bond motifs is 5. The zero-order valence-corrected chi connectivity index (χ0v) is 12.4. The van der Waals surface area contributed by atoms with Gasteiger partial charge in [-0.05, 0) is 41.8 Å². The van der Waals surface area contributed by atoms with E-state index in [9.17, 15) is 0 Å². The summed E-state index contributed by atoms with van der Waals surface area (Å²) in [6.07, 6.45) is 1.84. The van der Waals surface area contributed by atoms with Gasteiger partial charge in [-0.15, -0.1) is 0 Å². The Morgan fingerprint density at radius 1 is 0.826 bits per heavy atom. The molecule has 1 N–H and O–H groups in total. The normalized spacial score (nSPS) is 11.5. The Morgan fingerprint density at radius 2 is 1.65 bits per heavy atom. The van der Waals surface area contributed by atoms with Crippen molar-refractivity contribution >= 4 is 27.5 Å². The van der Waals surface area contributed by atoms with Gasteiger partial charge in [0.15, 0.2) is 16.7 Å². The Morgan fingerprint density at radius 3 is 2.57 bits per heavy atom. The van der Waals surface area contributed by atoms with E-state index in [1.807, 2.05) is 18.3 Å². The highest BCUT2D eigenvalue weighted by molar-refractivity contribution is 5.96. The van der Waals surface area contributed by atoms with Crippen LogP contribution in [0.15, 0.2) is 79.0 Å². The standard InChI is InChI=1S/C20H13N3/c1-2-8-15-14(7-1)13-19(16-9-5-6-12-21-16)23-18-11-4-3-10-17(18)22-20(15)23/h1-13H/p+1. The molecule has 2 aromatic carbocycles. The molecule has 23 heavy (non-hydrogen) atoms. The SMILES string of the molecule is c1ccc(-c2cc3ccccc3c3[nH]c4ccccc4[n+]23)nc1. The van der Waals surface area contributed by atoms with Gasteiger partial charge in [-0.25, -0.2) is 4.98 Å². The summed E-state index contributed by atoms with van der Waals surface area (Å²) in [7, 11) is 0. The Hall–Kier alpha value is -3.20. The Labute approximate surface area is 132 Å². The molecule has 5 rings (SSSR count). The average Bonchev–Trinajstić information content (AvgIpc) is 3.02. The fourth-order valence-corrected chi connectivity index (χ4v) is 3.27. The fraction of sp³-hybridized carbons (Fsp3) is 0. The number of aromatic nitrogens is 3. The first-order valence-corrected chi connectivity index (χ1v) is 7.67. The predicted octanol–water partition coefficient (Wildman–Crippen LogP) is 4.12. The number of rotatable bonds is 1. The van der Waals surface area contributed by atoms with Gasteiger partial charge >= 0.3 is 0 Å². The minimum absolute atomic E-state index is 0.970. The third-order valence-corrected chi connectivity index (χ3v) is 4.30. The van der Waals surface area contributed by atoms with E-state index in [2.05, 4.69) is 75.0 Å². The number of nitrogens with one attached hydrogen (secondary N) is 1. The number of benzene rings is 2. The van der Waals surface area contributed by atoms with E-state index in [1.54, 1.807) is 0 Å². The van der Waals surface area contributed by atoms with E-state index >= 15 is 0 Å². The lowest BCUT2D eigenvalue weighted by Crippen LogP contribution is -2.24. The lowest BCUT2D eigenvalue weighted by molar-refractivity contribution is -0.467. The van der Waals surface area contributed by atoms with Gasteiger partial charge in [0.1, 0.15) is 5.69 Å². The van der Waals surface area contributed by atoms with Crippen LogP contribution < -0.4 is 4.40 Å². The number of aromatic amines is 1. The lowest BCUT2D eigenvalue weighted by Gasteiger charge is -2.03. The molecule has 3 heteroatoms. The van der Waals surface area contributed by atoms with Gasteiger partial charge in [-0.2, -0.15) is 4.40 Å². The number of hydrogen-bond donors (Lipinski definition) is 1. The second-order valence-corrected chi connectivity index (χ2v) is 5.66. The molecule has 0 aliphatic rings. The van der Waals surface area contributed by atoms with Crippen molar-refractivity contribution in [2.75, 3.05) is 0 Å². The van der Waals surface area contributed by atoms with E-state index in [-0.39, 0.29) is 0 Å². The van der Waals surface area contributed by atoms with Crippen molar-refractivity contribution in [2.45, 2.75) is 0 Å². The number of nitrogens with zero attached hydrogens (tertiary/aromatic N) is 2. The molecule has 0 unspecified atom stereocenters. The van der Waals surface area contributed by atoms with Crippen LogP contribution in [0.1, 0.15) is 0 Å². The van der Waals surface area contributed by atoms with Crippen molar-refractivity contribution in [3.8, 4) is 11.4 Å². The monoisotopic (exact) mass is 296 g/mol. The topological polar surface area (TPSA) is 32.8 Å². The average molecular weight is 296 g/mol. The zero-order chi connectivity index (χ0) is 15.2.